The van der Waals surface area contributed by atoms with Gasteiger partial charge >= 0.3 is 0 Å². The Morgan fingerprint density at radius 2 is 1.90 bits per heavy atom. The van der Waals surface area contributed by atoms with E-state index in [2.05, 4.69) is 17.0 Å². The number of hydrogen-bond donors (Lipinski definition) is 0. The highest BCUT2D eigenvalue weighted by atomic mass is 35.5. The molecule has 0 saturated heterocycles. The lowest BCUT2D eigenvalue weighted by atomic mass is 10.1. The smallest absolute Gasteiger partial charge is 0.157 e. The van der Waals surface area contributed by atoms with Gasteiger partial charge in [0.2, 0.25) is 0 Å². The molecule has 0 bridgehead atoms. The van der Waals surface area contributed by atoms with Crippen molar-refractivity contribution >= 4 is 17.2 Å². The maximum absolute atomic E-state index is 6.25. The van der Waals surface area contributed by atoms with Crippen molar-refractivity contribution in [3.8, 4) is 17.0 Å². The van der Waals surface area contributed by atoms with Crippen LogP contribution in [0.5, 0.6) is 5.75 Å². The lowest BCUT2D eigenvalue weighted by molar-refractivity contribution is 0.340. The number of aromatic nitrogens is 3. The molecular weight excluding hydrogens is 286 g/mol. The number of nitrogens with zero attached hydrogens (tertiary/aromatic N) is 3. The summed E-state index contributed by atoms with van der Waals surface area (Å²) in [6.07, 6.45) is 0.847. The van der Waals surface area contributed by atoms with Crippen molar-refractivity contribution in [2.24, 2.45) is 0 Å². The third kappa shape index (κ3) is 2.72. The average Bonchev–Trinajstić information content (AvgIpc) is 2.93. The Morgan fingerprint density at radius 3 is 2.57 bits per heavy atom. The normalized spacial score (nSPS) is 11.0. The summed E-state index contributed by atoms with van der Waals surface area (Å²) in [5, 5.41) is 5.09. The SMILES string of the molecule is CCOc1ccc(-c2cc3nc(CC)cc(Cl)n3n2)cc1. The molecule has 4 nitrogen and oxygen atoms in total. The van der Waals surface area contributed by atoms with Crippen LogP contribution in [0, 0.1) is 0 Å². The molecule has 2 aromatic heterocycles. The number of ether oxygens (including phenoxy) is 1. The molecule has 0 saturated carbocycles. The molecule has 108 valence electrons. The van der Waals surface area contributed by atoms with Gasteiger partial charge in [0.25, 0.3) is 0 Å². The lowest BCUT2D eigenvalue weighted by Crippen LogP contribution is -1.96. The fourth-order valence-corrected chi connectivity index (χ4v) is 2.45. The monoisotopic (exact) mass is 301 g/mol. The molecule has 5 heteroatoms. The molecule has 0 unspecified atom stereocenters. The third-order valence-electron chi connectivity index (χ3n) is 3.26. The van der Waals surface area contributed by atoms with Crippen LogP contribution in [0.4, 0.5) is 0 Å². The first-order valence-electron chi connectivity index (χ1n) is 6.99. The Balaban J connectivity index is 2.02. The molecule has 0 aliphatic heterocycles. The summed E-state index contributed by atoms with van der Waals surface area (Å²) in [7, 11) is 0. The first-order valence-corrected chi connectivity index (χ1v) is 7.37. The van der Waals surface area contributed by atoms with Crippen LogP contribution >= 0.6 is 11.6 Å². The van der Waals surface area contributed by atoms with Crippen molar-refractivity contribution < 1.29 is 4.74 Å². The molecule has 3 rings (SSSR count). The zero-order valence-corrected chi connectivity index (χ0v) is 12.8. The van der Waals surface area contributed by atoms with Gasteiger partial charge in [-0.15, -0.1) is 0 Å². The van der Waals surface area contributed by atoms with Crippen LogP contribution in [-0.4, -0.2) is 21.2 Å². The van der Waals surface area contributed by atoms with Crippen LogP contribution in [0.15, 0.2) is 36.4 Å². The lowest BCUT2D eigenvalue weighted by Gasteiger charge is -2.02. The largest absolute Gasteiger partial charge is 0.494 e. The average molecular weight is 302 g/mol. The van der Waals surface area contributed by atoms with E-state index in [1.807, 2.05) is 43.3 Å². The van der Waals surface area contributed by atoms with Gasteiger partial charge in [-0.05, 0) is 43.7 Å². The second kappa shape index (κ2) is 5.74. The van der Waals surface area contributed by atoms with Gasteiger partial charge in [-0.3, -0.25) is 0 Å². The molecule has 0 aliphatic carbocycles. The topological polar surface area (TPSA) is 39.4 Å². The Labute approximate surface area is 128 Å². The summed E-state index contributed by atoms with van der Waals surface area (Å²) in [5.41, 5.74) is 3.59. The highest BCUT2D eigenvalue weighted by Gasteiger charge is 2.09. The summed E-state index contributed by atoms with van der Waals surface area (Å²) in [6.45, 7) is 4.68. The van der Waals surface area contributed by atoms with E-state index in [-0.39, 0.29) is 0 Å². The van der Waals surface area contributed by atoms with Crippen LogP contribution in [0.25, 0.3) is 16.9 Å². The third-order valence-corrected chi connectivity index (χ3v) is 3.53. The van der Waals surface area contributed by atoms with Gasteiger partial charge in [0.1, 0.15) is 10.9 Å². The number of hydrogen-bond acceptors (Lipinski definition) is 3. The number of fused-ring (bicyclic) bond motifs is 1. The standard InChI is InChI=1S/C16H16ClN3O/c1-3-12-9-15(17)20-16(18-12)10-14(19-20)11-5-7-13(8-6-11)21-4-2/h5-10H,3-4H2,1-2H3. The number of halogens is 1. The highest BCUT2D eigenvalue weighted by Crippen LogP contribution is 2.24. The summed E-state index contributed by atoms with van der Waals surface area (Å²) in [4.78, 5) is 4.54. The maximum Gasteiger partial charge on any atom is 0.157 e. The first kappa shape index (κ1) is 13.9. The molecule has 0 radical (unpaired) electrons. The predicted molar refractivity (Wildman–Crippen MR) is 84.0 cm³/mol. The van der Waals surface area contributed by atoms with Crippen LogP contribution in [-0.2, 0) is 6.42 Å². The molecule has 0 amide bonds. The number of rotatable bonds is 4. The van der Waals surface area contributed by atoms with Crippen molar-refractivity contribution in [1.82, 2.24) is 14.6 Å². The summed E-state index contributed by atoms with van der Waals surface area (Å²) >= 11 is 6.25. The second-order valence-electron chi connectivity index (χ2n) is 4.68. The van der Waals surface area contributed by atoms with Gasteiger partial charge in [0, 0.05) is 17.3 Å². The van der Waals surface area contributed by atoms with E-state index in [1.165, 1.54) is 0 Å². The van der Waals surface area contributed by atoms with Crippen LogP contribution in [0.1, 0.15) is 19.5 Å². The molecule has 0 N–H and O–H groups in total. The first-order chi connectivity index (χ1) is 10.2. The van der Waals surface area contributed by atoms with E-state index >= 15 is 0 Å². The highest BCUT2D eigenvalue weighted by molar-refractivity contribution is 6.29. The number of aryl methyl sites for hydroxylation is 1. The minimum atomic E-state index is 0.578. The van der Waals surface area contributed by atoms with Crippen molar-refractivity contribution in [3.05, 3.63) is 47.2 Å². The van der Waals surface area contributed by atoms with Gasteiger partial charge < -0.3 is 4.74 Å². The molecular formula is C16H16ClN3O. The quantitative estimate of drug-likeness (QED) is 0.684. The van der Waals surface area contributed by atoms with Gasteiger partial charge in [-0.1, -0.05) is 18.5 Å². The maximum atomic E-state index is 6.25. The van der Waals surface area contributed by atoms with Crippen LogP contribution in [0.2, 0.25) is 5.15 Å². The van der Waals surface area contributed by atoms with Crippen molar-refractivity contribution in [3.63, 3.8) is 0 Å². The van der Waals surface area contributed by atoms with Gasteiger partial charge in [0.05, 0.1) is 12.3 Å². The molecule has 0 spiro atoms. The summed E-state index contributed by atoms with van der Waals surface area (Å²) in [6, 6.07) is 11.7. The Morgan fingerprint density at radius 1 is 1.14 bits per heavy atom. The number of benzene rings is 1. The molecule has 2 heterocycles. The predicted octanol–water partition coefficient (Wildman–Crippen LogP) is 4.01. The minimum Gasteiger partial charge on any atom is -0.494 e. The van der Waals surface area contributed by atoms with Crippen LogP contribution < -0.4 is 4.74 Å². The van der Waals surface area contributed by atoms with E-state index in [0.29, 0.717) is 11.8 Å². The van der Waals surface area contributed by atoms with Crippen molar-refractivity contribution in [2.45, 2.75) is 20.3 Å². The summed E-state index contributed by atoms with van der Waals surface area (Å²) in [5.74, 6) is 0.856. The van der Waals surface area contributed by atoms with E-state index in [9.17, 15) is 0 Å². The Hall–Kier alpha value is -2.07. The van der Waals surface area contributed by atoms with Gasteiger partial charge in [-0.2, -0.15) is 5.10 Å². The van der Waals surface area contributed by atoms with E-state index < -0.39 is 0 Å². The van der Waals surface area contributed by atoms with Crippen molar-refractivity contribution in [1.29, 1.82) is 0 Å². The van der Waals surface area contributed by atoms with Crippen LogP contribution in [0.3, 0.4) is 0 Å². The molecule has 0 atom stereocenters. The molecule has 21 heavy (non-hydrogen) atoms. The molecule has 3 aromatic rings. The van der Waals surface area contributed by atoms with Gasteiger partial charge in [-0.25, -0.2) is 9.50 Å². The molecule has 1 aromatic carbocycles. The fourth-order valence-electron chi connectivity index (χ4n) is 2.20. The fraction of sp³-hybridized carbons (Fsp3) is 0.250. The molecule has 0 fully saturated rings. The Bertz CT molecular complexity index is 765. The van der Waals surface area contributed by atoms with Crippen molar-refractivity contribution in [2.75, 3.05) is 6.61 Å². The molecule has 0 aliphatic rings. The zero-order valence-electron chi connectivity index (χ0n) is 12.0. The summed E-state index contributed by atoms with van der Waals surface area (Å²) < 4.78 is 7.11. The Kier molecular flexibility index (Phi) is 3.80. The second-order valence-corrected chi connectivity index (χ2v) is 5.07. The van der Waals surface area contributed by atoms with E-state index in [0.717, 1.165) is 34.8 Å². The van der Waals surface area contributed by atoms with Gasteiger partial charge in [0.15, 0.2) is 5.65 Å². The van der Waals surface area contributed by atoms with E-state index in [4.69, 9.17) is 16.3 Å². The zero-order chi connectivity index (χ0) is 14.8. The van der Waals surface area contributed by atoms with E-state index in [1.54, 1.807) is 4.52 Å². The minimum absolute atomic E-state index is 0.578.